The Morgan fingerprint density at radius 2 is 1.73 bits per heavy atom. The fraction of sp³-hybridized carbons (Fsp3) is 0.450. The molecule has 1 aromatic carbocycles. The van der Waals surface area contributed by atoms with Gasteiger partial charge >= 0.3 is 5.97 Å². The molecule has 0 atom stereocenters. The lowest BCUT2D eigenvalue weighted by atomic mass is 9.89. The van der Waals surface area contributed by atoms with Crippen molar-refractivity contribution >= 4 is 11.9 Å². The maximum Gasteiger partial charge on any atom is 0.306 e. The zero-order chi connectivity index (χ0) is 18.9. The minimum atomic E-state index is -0.774. The molecule has 0 bridgehead atoms. The summed E-state index contributed by atoms with van der Waals surface area (Å²) in [4.78, 5) is 26.0. The predicted octanol–water partition coefficient (Wildman–Crippen LogP) is 3.11. The van der Waals surface area contributed by atoms with Gasteiger partial charge in [-0.2, -0.15) is 5.10 Å². The first-order chi connectivity index (χ1) is 12.3. The number of benzene rings is 1. The average molecular weight is 355 g/mol. The second kappa shape index (κ2) is 6.94. The molecule has 0 unspecified atom stereocenters. The average Bonchev–Trinajstić information content (AvgIpc) is 3.08. The smallest absolute Gasteiger partial charge is 0.306 e. The standard InChI is InChI=1S/C20H25N3O3/c1-20(2,3)17-16(13-23(21-17)15-7-5-4-6-8-15)18(24)22-11-9-14(10-12-22)19(25)26/h4-8,13-14H,9-12H2,1-3H3,(H,25,26). The Balaban J connectivity index is 1.90. The number of aliphatic carboxylic acids is 1. The molecule has 6 nitrogen and oxygen atoms in total. The lowest BCUT2D eigenvalue weighted by molar-refractivity contribution is -0.143. The number of para-hydroxylation sites is 1. The van der Waals surface area contributed by atoms with Crippen LogP contribution in [0.4, 0.5) is 0 Å². The Morgan fingerprint density at radius 1 is 1.12 bits per heavy atom. The van der Waals surface area contributed by atoms with Gasteiger partial charge in [-0.15, -0.1) is 0 Å². The van der Waals surface area contributed by atoms with Gasteiger partial charge in [-0.3, -0.25) is 9.59 Å². The van der Waals surface area contributed by atoms with Crippen LogP contribution >= 0.6 is 0 Å². The van der Waals surface area contributed by atoms with E-state index in [1.807, 2.05) is 51.1 Å². The molecule has 0 radical (unpaired) electrons. The molecule has 1 amide bonds. The van der Waals surface area contributed by atoms with Crippen molar-refractivity contribution in [2.24, 2.45) is 5.92 Å². The van der Waals surface area contributed by atoms with Crippen molar-refractivity contribution in [1.82, 2.24) is 14.7 Å². The third kappa shape index (κ3) is 3.64. The van der Waals surface area contributed by atoms with E-state index in [9.17, 15) is 9.59 Å². The Kier molecular flexibility index (Phi) is 4.85. The lowest BCUT2D eigenvalue weighted by Crippen LogP contribution is -2.40. The first kappa shape index (κ1) is 18.2. The van der Waals surface area contributed by atoms with Crippen molar-refractivity contribution < 1.29 is 14.7 Å². The van der Waals surface area contributed by atoms with Crippen LogP contribution in [-0.4, -0.2) is 44.8 Å². The number of amides is 1. The molecule has 6 heteroatoms. The third-order valence-electron chi connectivity index (χ3n) is 4.81. The number of carboxylic acid groups (broad SMARTS) is 1. The van der Waals surface area contributed by atoms with Gasteiger partial charge in [0.2, 0.25) is 0 Å². The largest absolute Gasteiger partial charge is 0.481 e. The molecule has 0 saturated carbocycles. The Hall–Kier alpha value is -2.63. The van der Waals surface area contributed by atoms with Crippen LogP contribution in [0.3, 0.4) is 0 Å². The van der Waals surface area contributed by atoms with Crippen molar-refractivity contribution in [3.63, 3.8) is 0 Å². The summed E-state index contributed by atoms with van der Waals surface area (Å²) in [6.45, 7) is 7.06. The number of carboxylic acids is 1. The molecule has 2 heterocycles. The third-order valence-corrected chi connectivity index (χ3v) is 4.81. The number of hydrogen-bond acceptors (Lipinski definition) is 3. The molecule has 3 rings (SSSR count). The van der Waals surface area contributed by atoms with E-state index in [4.69, 9.17) is 5.11 Å². The molecule has 1 N–H and O–H groups in total. The molecule has 1 aliphatic rings. The lowest BCUT2D eigenvalue weighted by Gasteiger charge is -2.30. The van der Waals surface area contributed by atoms with Gasteiger partial charge in [-0.05, 0) is 25.0 Å². The van der Waals surface area contributed by atoms with Crippen LogP contribution in [0.1, 0.15) is 49.7 Å². The molecule has 1 aliphatic heterocycles. The number of rotatable bonds is 3. The normalized spacial score (nSPS) is 15.9. The number of carbonyl (C=O) groups excluding carboxylic acids is 1. The van der Waals surface area contributed by atoms with E-state index < -0.39 is 5.97 Å². The highest BCUT2D eigenvalue weighted by Crippen LogP contribution is 2.28. The molecule has 2 aromatic rings. The predicted molar refractivity (Wildman–Crippen MR) is 98.5 cm³/mol. The molecule has 0 aliphatic carbocycles. The van der Waals surface area contributed by atoms with Crippen LogP contribution in [0.25, 0.3) is 5.69 Å². The monoisotopic (exact) mass is 355 g/mol. The van der Waals surface area contributed by atoms with Crippen molar-refractivity contribution in [3.05, 3.63) is 47.8 Å². The zero-order valence-corrected chi connectivity index (χ0v) is 15.5. The molecule has 1 aromatic heterocycles. The first-order valence-corrected chi connectivity index (χ1v) is 8.95. The van der Waals surface area contributed by atoms with Crippen molar-refractivity contribution in [3.8, 4) is 5.69 Å². The van der Waals surface area contributed by atoms with Crippen LogP contribution in [0.15, 0.2) is 36.5 Å². The van der Waals surface area contributed by atoms with Crippen LogP contribution in [0.5, 0.6) is 0 Å². The van der Waals surface area contributed by atoms with Crippen molar-refractivity contribution in [2.45, 2.75) is 39.0 Å². The van der Waals surface area contributed by atoms with Gasteiger partial charge in [-0.25, -0.2) is 4.68 Å². The Morgan fingerprint density at radius 3 is 2.27 bits per heavy atom. The zero-order valence-electron chi connectivity index (χ0n) is 15.5. The second-order valence-electron chi connectivity index (χ2n) is 7.83. The summed E-state index contributed by atoms with van der Waals surface area (Å²) >= 11 is 0. The number of likely N-dealkylation sites (tertiary alicyclic amines) is 1. The van der Waals surface area contributed by atoms with Gasteiger partial charge in [-0.1, -0.05) is 39.0 Å². The highest BCUT2D eigenvalue weighted by molar-refractivity contribution is 5.95. The number of aromatic nitrogens is 2. The number of carbonyl (C=O) groups is 2. The van der Waals surface area contributed by atoms with Crippen LogP contribution in [0, 0.1) is 5.92 Å². The van der Waals surface area contributed by atoms with Gasteiger partial charge in [0.25, 0.3) is 5.91 Å². The number of nitrogens with zero attached hydrogens (tertiary/aromatic N) is 3. The summed E-state index contributed by atoms with van der Waals surface area (Å²) < 4.78 is 1.75. The van der Waals surface area contributed by atoms with E-state index >= 15 is 0 Å². The van der Waals surface area contributed by atoms with Gasteiger partial charge in [0.15, 0.2) is 0 Å². The van der Waals surface area contributed by atoms with E-state index in [-0.39, 0.29) is 17.2 Å². The summed E-state index contributed by atoms with van der Waals surface area (Å²) in [6.07, 6.45) is 2.79. The molecule has 0 spiro atoms. The minimum Gasteiger partial charge on any atom is -0.481 e. The highest BCUT2D eigenvalue weighted by Gasteiger charge is 2.32. The summed E-state index contributed by atoms with van der Waals surface area (Å²) in [5.74, 6) is -1.20. The Bertz CT molecular complexity index is 797. The molecular formula is C20H25N3O3. The number of hydrogen-bond donors (Lipinski definition) is 1. The fourth-order valence-electron chi connectivity index (χ4n) is 3.30. The molecular weight excluding hydrogens is 330 g/mol. The SMILES string of the molecule is CC(C)(C)c1nn(-c2ccccc2)cc1C(=O)N1CCC(C(=O)O)CC1. The van der Waals surface area contributed by atoms with Gasteiger partial charge in [0, 0.05) is 24.7 Å². The quantitative estimate of drug-likeness (QED) is 0.918. The van der Waals surface area contributed by atoms with Crippen LogP contribution < -0.4 is 0 Å². The molecule has 138 valence electrons. The molecule has 1 saturated heterocycles. The van der Waals surface area contributed by atoms with E-state index in [2.05, 4.69) is 5.10 Å². The summed E-state index contributed by atoms with van der Waals surface area (Å²) in [5.41, 5.74) is 1.98. The van der Waals surface area contributed by atoms with Gasteiger partial charge < -0.3 is 10.0 Å². The van der Waals surface area contributed by atoms with E-state index in [0.717, 1.165) is 11.4 Å². The summed E-state index contributed by atoms with van der Waals surface area (Å²) in [6, 6.07) is 9.71. The fourth-order valence-corrected chi connectivity index (χ4v) is 3.30. The van der Waals surface area contributed by atoms with Crippen molar-refractivity contribution in [2.75, 3.05) is 13.1 Å². The second-order valence-corrected chi connectivity index (χ2v) is 7.83. The van der Waals surface area contributed by atoms with E-state index in [1.165, 1.54) is 0 Å². The highest BCUT2D eigenvalue weighted by atomic mass is 16.4. The van der Waals surface area contributed by atoms with E-state index in [1.54, 1.807) is 15.8 Å². The summed E-state index contributed by atoms with van der Waals surface area (Å²) in [7, 11) is 0. The minimum absolute atomic E-state index is 0.0686. The van der Waals surface area contributed by atoms with Gasteiger partial charge in [0.1, 0.15) is 0 Å². The topological polar surface area (TPSA) is 75.4 Å². The maximum absolute atomic E-state index is 13.1. The molecule has 26 heavy (non-hydrogen) atoms. The number of piperidine rings is 1. The van der Waals surface area contributed by atoms with E-state index in [0.29, 0.717) is 31.5 Å². The molecule has 1 fully saturated rings. The summed E-state index contributed by atoms with van der Waals surface area (Å²) in [5, 5.41) is 13.8. The van der Waals surface area contributed by atoms with Crippen molar-refractivity contribution in [1.29, 1.82) is 0 Å². The maximum atomic E-state index is 13.1. The van der Waals surface area contributed by atoms with Crippen LogP contribution in [0.2, 0.25) is 0 Å². The Labute approximate surface area is 153 Å². The van der Waals surface area contributed by atoms with Crippen LogP contribution in [-0.2, 0) is 10.2 Å². The first-order valence-electron chi connectivity index (χ1n) is 8.95. The van der Waals surface area contributed by atoms with Gasteiger partial charge in [0.05, 0.1) is 22.9 Å².